The van der Waals surface area contributed by atoms with Crippen molar-refractivity contribution >= 4 is 35.0 Å². The maximum Gasteiger partial charge on any atom is 0.334 e. The zero-order valence-electron chi connectivity index (χ0n) is 11.4. The molecule has 0 spiro atoms. The highest BCUT2D eigenvalue weighted by Gasteiger charge is 2.55. The third-order valence-corrected chi connectivity index (χ3v) is 3.45. The Kier molecular flexibility index (Phi) is 4.23. The Morgan fingerprint density at radius 1 is 1.59 bits per heavy atom. The summed E-state index contributed by atoms with van der Waals surface area (Å²) in [6.45, 7) is 0. The molecule has 2 heterocycles. The van der Waals surface area contributed by atoms with E-state index in [1.54, 1.807) is 6.07 Å². The molecule has 1 aromatic heterocycles. The Morgan fingerprint density at radius 3 is 2.86 bits per heavy atom. The molecular weight excluding hydrogens is 310 g/mol. The summed E-state index contributed by atoms with van der Waals surface area (Å²) < 4.78 is 9.64. The Labute approximate surface area is 130 Å². The number of ketones is 1. The summed E-state index contributed by atoms with van der Waals surface area (Å²) >= 11 is 4.86. The highest BCUT2D eigenvalue weighted by Crippen LogP contribution is 2.28. The van der Waals surface area contributed by atoms with Crippen LogP contribution in [0.2, 0.25) is 0 Å². The first-order chi connectivity index (χ1) is 10.4. The van der Waals surface area contributed by atoms with Crippen molar-refractivity contribution in [3.63, 3.8) is 0 Å². The number of hydrogen-bond donors (Lipinski definition) is 2. The number of nitrogens with zero attached hydrogens (tertiary/aromatic N) is 1. The molecule has 114 valence electrons. The van der Waals surface area contributed by atoms with Gasteiger partial charge < -0.3 is 19.8 Å². The number of methoxy groups -OCH3 is 1. The quantitative estimate of drug-likeness (QED) is 0.448. The van der Waals surface area contributed by atoms with E-state index in [1.165, 1.54) is 18.4 Å². The fourth-order valence-electron chi connectivity index (χ4n) is 2.23. The lowest BCUT2D eigenvalue weighted by Crippen LogP contribution is -2.70. The molecule has 0 radical (unpaired) electrons. The monoisotopic (exact) mass is 321 g/mol. The van der Waals surface area contributed by atoms with Gasteiger partial charge in [-0.25, -0.2) is 4.79 Å². The van der Waals surface area contributed by atoms with Crippen LogP contribution in [0.15, 0.2) is 22.8 Å². The average Bonchev–Trinajstić information content (AvgIpc) is 3.00. The number of hydrogen-bond acceptors (Lipinski definition) is 7. The Bertz CT molecular complexity index is 678. The van der Waals surface area contributed by atoms with Crippen molar-refractivity contribution in [1.29, 1.82) is 5.26 Å². The van der Waals surface area contributed by atoms with E-state index in [2.05, 4.69) is 15.4 Å². The first-order valence-electron chi connectivity index (χ1n) is 6.12. The van der Waals surface area contributed by atoms with Gasteiger partial charge in [-0.1, -0.05) is 0 Å². The van der Waals surface area contributed by atoms with E-state index in [9.17, 15) is 19.6 Å². The predicted molar refractivity (Wildman–Crippen MR) is 75.4 cm³/mol. The molecule has 1 saturated heterocycles. The molecule has 1 aliphatic rings. The van der Waals surface area contributed by atoms with Gasteiger partial charge in [0.2, 0.25) is 11.7 Å². The molecule has 0 unspecified atom stereocenters. The van der Waals surface area contributed by atoms with Crippen molar-refractivity contribution in [2.45, 2.75) is 12.0 Å². The smallest absolute Gasteiger partial charge is 0.334 e. The van der Waals surface area contributed by atoms with Crippen LogP contribution in [0, 0.1) is 17.2 Å². The van der Waals surface area contributed by atoms with Gasteiger partial charge in [0.1, 0.15) is 0 Å². The zero-order valence-corrected chi connectivity index (χ0v) is 12.2. The van der Waals surface area contributed by atoms with Gasteiger partial charge >= 0.3 is 5.97 Å². The lowest BCUT2D eigenvalue weighted by atomic mass is 9.78. The molecule has 2 N–H and O–H groups in total. The fraction of sp³-hybridized carbons (Fsp3) is 0.308. The molecule has 22 heavy (non-hydrogen) atoms. The third kappa shape index (κ3) is 2.56. The molecule has 2 atom stereocenters. The van der Waals surface area contributed by atoms with Crippen molar-refractivity contribution in [2.24, 2.45) is 5.92 Å². The van der Waals surface area contributed by atoms with Gasteiger partial charge in [0.05, 0.1) is 25.9 Å². The Balaban J connectivity index is 2.45. The third-order valence-electron chi connectivity index (χ3n) is 3.24. The summed E-state index contributed by atoms with van der Waals surface area (Å²) in [5, 5.41) is 13.9. The average molecular weight is 321 g/mol. The van der Waals surface area contributed by atoms with Crippen LogP contribution in [-0.4, -0.2) is 35.4 Å². The number of Topliss-reactive ketones (excluding diaryl/α,β-unsaturated/α-hetero) is 1. The topological polar surface area (TPSA) is 121 Å². The minimum atomic E-state index is -1.90. The van der Waals surface area contributed by atoms with E-state index < -0.39 is 35.5 Å². The Hall–Kier alpha value is -2.73. The van der Waals surface area contributed by atoms with Crippen LogP contribution in [0.3, 0.4) is 0 Å². The van der Waals surface area contributed by atoms with Crippen LogP contribution < -0.4 is 10.6 Å². The molecule has 1 amide bonds. The van der Waals surface area contributed by atoms with Gasteiger partial charge in [-0.3, -0.25) is 9.59 Å². The predicted octanol–water partition coefficient (Wildman–Crippen LogP) is -0.0917. The van der Waals surface area contributed by atoms with E-state index in [4.69, 9.17) is 16.6 Å². The van der Waals surface area contributed by atoms with Crippen molar-refractivity contribution in [3.8, 4) is 6.07 Å². The minimum absolute atomic E-state index is 0.00123. The summed E-state index contributed by atoms with van der Waals surface area (Å²) in [6, 6.07) is 4.63. The van der Waals surface area contributed by atoms with Gasteiger partial charge in [0.15, 0.2) is 22.3 Å². The first-order valence-corrected chi connectivity index (χ1v) is 6.53. The summed E-state index contributed by atoms with van der Waals surface area (Å²) in [5.41, 5.74) is -1.90. The summed E-state index contributed by atoms with van der Waals surface area (Å²) in [6.07, 6.45) is 0.782. The van der Waals surface area contributed by atoms with E-state index in [1.807, 2.05) is 0 Å². The van der Waals surface area contributed by atoms with E-state index >= 15 is 0 Å². The second kappa shape index (κ2) is 5.95. The number of ether oxygens (including phenoxy) is 1. The summed E-state index contributed by atoms with van der Waals surface area (Å²) in [5.74, 6) is -3.76. The molecule has 0 aliphatic carbocycles. The molecule has 2 rings (SSSR count). The maximum absolute atomic E-state index is 12.2. The fourth-order valence-corrected chi connectivity index (χ4v) is 2.51. The van der Waals surface area contributed by atoms with Gasteiger partial charge in [-0.05, 0) is 24.4 Å². The van der Waals surface area contributed by atoms with Crippen LogP contribution in [0.25, 0.3) is 0 Å². The number of amides is 1. The number of carbonyl (C=O) groups excluding carboxylic acids is 3. The molecule has 1 aliphatic heterocycles. The van der Waals surface area contributed by atoms with Gasteiger partial charge in [0, 0.05) is 0 Å². The van der Waals surface area contributed by atoms with E-state index in [0.717, 1.165) is 7.11 Å². The highest BCUT2D eigenvalue weighted by atomic mass is 32.1. The van der Waals surface area contributed by atoms with E-state index in [-0.39, 0.29) is 10.9 Å². The van der Waals surface area contributed by atoms with E-state index in [0.29, 0.717) is 0 Å². The number of thiocarbonyl (C=S) groups is 1. The molecule has 0 aromatic carbocycles. The number of furan rings is 1. The van der Waals surface area contributed by atoms with Crippen LogP contribution >= 0.6 is 12.2 Å². The second-order valence-corrected chi connectivity index (χ2v) is 4.95. The van der Waals surface area contributed by atoms with Crippen LogP contribution in [0.4, 0.5) is 0 Å². The zero-order chi connectivity index (χ0) is 16.3. The van der Waals surface area contributed by atoms with Gasteiger partial charge in [-0.2, -0.15) is 5.26 Å². The maximum atomic E-state index is 12.2. The lowest BCUT2D eigenvalue weighted by Gasteiger charge is -2.38. The van der Waals surface area contributed by atoms with Gasteiger partial charge in [-0.15, -0.1) is 0 Å². The number of carbonyl (C=O) groups is 3. The van der Waals surface area contributed by atoms with Crippen molar-refractivity contribution in [1.82, 2.24) is 10.6 Å². The normalized spacial score (nSPS) is 23.9. The second-order valence-electron chi connectivity index (χ2n) is 4.55. The highest BCUT2D eigenvalue weighted by molar-refractivity contribution is 7.80. The van der Waals surface area contributed by atoms with Crippen molar-refractivity contribution in [2.75, 3.05) is 7.11 Å². The molecular formula is C13H11N3O5S. The molecule has 8 nitrogen and oxygen atoms in total. The molecule has 1 aromatic rings. The van der Waals surface area contributed by atoms with Crippen molar-refractivity contribution in [3.05, 3.63) is 24.2 Å². The van der Waals surface area contributed by atoms with Crippen LogP contribution in [0.1, 0.15) is 17.0 Å². The number of rotatable bonds is 4. The summed E-state index contributed by atoms with van der Waals surface area (Å²) in [4.78, 5) is 36.4. The number of esters is 1. The Morgan fingerprint density at radius 2 is 2.32 bits per heavy atom. The lowest BCUT2D eigenvalue weighted by molar-refractivity contribution is -0.152. The molecule has 0 saturated carbocycles. The van der Waals surface area contributed by atoms with Gasteiger partial charge in [0.25, 0.3) is 0 Å². The molecule has 9 heteroatoms. The minimum Gasteiger partial charge on any atom is -0.467 e. The first kappa shape index (κ1) is 15.7. The molecule has 0 bridgehead atoms. The van der Waals surface area contributed by atoms with Crippen LogP contribution in [-0.2, 0) is 14.3 Å². The SMILES string of the molecule is COC(=O)[C@@]1(CC(=O)c2ccco2)NC(=S)NC(=O)[C@H]1C#N. The largest absolute Gasteiger partial charge is 0.467 e. The van der Waals surface area contributed by atoms with Crippen molar-refractivity contribution < 1.29 is 23.5 Å². The summed E-state index contributed by atoms with van der Waals surface area (Å²) in [7, 11) is 1.09. The number of nitriles is 1. The standard InChI is InChI=1S/C13H11N3O5S/c1-20-11(19)13(5-8(17)9-3-2-4-21-9)7(6-14)10(18)15-12(22)16-13/h2-4,7H,5H2,1H3,(H2,15,16,18,22)/t7-,13+/m1/s1. The van der Waals surface area contributed by atoms with Crippen LogP contribution in [0.5, 0.6) is 0 Å². The number of nitrogens with one attached hydrogen (secondary N) is 2. The molecule has 1 fully saturated rings.